The van der Waals surface area contributed by atoms with Crippen molar-refractivity contribution < 1.29 is 17.3 Å². The maximum atomic E-state index is 12.2. The number of halogens is 1. The minimum absolute atomic E-state index is 0.0622. The van der Waals surface area contributed by atoms with E-state index in [9.17, 15) is 8.42 Å². The van der Waals surface area contributed by atoms with Gasteiger partial charge in [-0.25, -0.2) is 4.99 Å². The fourth-order valence-electron chi connectivity index (χ4n) is 2.19. The molecule has 1 atom stereocenters. The van der Waals surface area contributed by atoms with Crippen LogP contribution in [0.5, 0.6) is 0 Å². The zero-order valence-electron chi connectivity index (χ0n) is 13.0. The molecule has 1 heterocycles. The van der Waals surface area contributed by atoms with Gasteiger partial charge in [-0.3, -0.25) is 4.18 Å². The van der Waals surface area contributed by atoms with Crippen LogP contribution in [0.4, 0.5) is 0 Å². The number of hydrogen-bond donors (Lipinski definition) is 0. The van der Waals surface area contributed by atoms with E-state index in [0.717, 1.165) is 11.1 Å². The maximum Gasteiger partial charge on any atom is 0.297 e. The summed E-state index contributed by atoms with van der Waals surface area (Å²) in [6.45, 7) is 2.11. The normalized spacial score (nSPS) is 17.4. The predicted molar refractivity (Wildman–Crippen MR) is 92.0 cm³/mol. The first-order valence-electron chi connectivity index (χ1n) is 7.37. The number of benzene rings is 2. The lowest BCUT2D eigenvalue weighted by molar-refractivity contribution is 0.246. The molecular weight excluding hydrogens is 350 g/mol. The van der Waals surface area contributed by atoms with E-state index >= 15 is 0 Å². The van der Waals surface area contributed by atoms with Crippen molar-refractivity contribution in [3.8, 4) is 0 Å². The molecule has 1 aliphatic heterocycles. The van der Waals surface area contributed by atoms with Crippen LogP contribution in [0, 0.1) is 6.92 Å². The second kappa shape index (κ2) is 6.93. The van der Waals surface area contributed by atoms with Crippen molar-refractivity contribution in [2.24, 2.45) is 4.99 Å². The Morgan fingerprint density at radius 1 is 1.17 bits per heavy atom. The number of hydrogen-bond acceptors (Lipinski definition) is 5. The van der Waals surface area contributed by atoms with Gasteiger partial charge >= 0.3 is 0 Å². The Hall–Kier alpha value is -1.89. The monoisotopic (exact) mass is 365 g/mol. The zero-order valence-corrected chi connectivity index (χ0v) is 14.5. The molecule has 126 valence electrons. The average Bonchev–Trinajstić information content (AvgIpc) is 3.03. The molecule has 0 saturated heterocycles. The Kier molecular flexibility index (Phi) is 4.89. The van der Waals surface area contributed by atoms with E-state index in [2.05, 4.69) is 4.99 Å². The number of nitrogens with zero attached hydrogens (tertiary/aromatic N) is 1. The second-order valence-corrected chi connectivity index (χ2v) is 7.51. The summed E-state index contributed by atoms with van der Waals surface area (Å²) < 4.78 is 34.9. The van der Waals surface area contributed by atoms with Gasteiger partial charge in [0, 0.05) is 10.6 Å². The van der Waals surface area contributed by atoms with Gasteiger partial charge in [-0.15, -0.1) is 0 Å². The molecule has 3 rings (SSSR count). The number of aliphatic imine (C=N–C) groups is 1. The lowest BCUT2D eigenvalue weighted by atomic mass is 10.2. The van der Waals surface area contributed by atoms with Crippen LogP contribution in [0.2, 0.25) is 5.02 Å². The molecule has 0 aliphatic carbocycles. The highest BCUT2D eigenvalue weighted by molar-refractivity contribution is 7.86. The Morgan fingerprint density at radius 3 is 2.50 bits per heavy atom. The molecule has 0 radical (unpaired) electrons. The molecule has 0 amide bonds. The third kappa shape index (κ3) is 3.95. The van der Waals surface area contributed by atoms with Crippen LogP contribution in [-0.2, 0) is 19.0 Å². The number of aryl methyl sites for hydroxylation is 1. The van der Waals surface area contributed by atoms with Crippen molar-refractivity contribution >= 4 is 27.6 Å². The largest absolute Gasteiger partial charge is 0.475 e. The molecule has 0 fully saturated rings. The molecule has 5 nitrogen and oxygen atoms in total. The Labute approximate surface area is 146 Å². The molecular formula is C17H16ClNO4S. The average molecular weight is 366 g/mol. The van der Waals surface area contributed by atoms with Crippen molar-refractivity contribution in [1.82, 2.24) is 0 Å². The molecule has 1 aliphatic rings. The predicted octanol–water partition coefficient (Wildman–Crippen LogP) is 3.20. The van der Waals surface area contributed by atoms with E-state index < -0.39 is 10.1 Å². The lowest BCUT2D eigenvalue weighted by Crippen LogP contribution is -2.18. The van der Waals surface area contributed by atoms with Gasteiger partial charge in [0.2, 0.25) is 5.90 Å². The number of ether oxygens (including phenoxy) is 1. The van der Waals surface area contributed by atoms with E-state index in [1.54, 1.807) is 36.4 Å². The van der Waals surface area contributed by atoms with Crippen LogP contribution < -0.4 is 0 Å². The molecule has 0 saturated carbocycles. The summed E-state index contributed by atoms with van der Waals surface area (Å²) in [5, 5.41) is 0.626. The van der Waals surface area contributed by atoms with Gasteiger partial charge in [-0.1, -0.05) is 29.3 Å². The summed E-state index contributed by atoms with van der Waals surface area (Å²) in [5.41, 5.74) is 1.78. The first-order valence-corrected chi connectivity index (χ1v) is 9.15. The van der Waals surface area contributed by atoms with E-state index in [4.69, 9.17) is 20.5 Å². The Bertz CT molecular complexity index is 845. The quantitative estimate of drug-likeness (QED) is 0.763. The highest BCUT2D eigenvalue weighted by atomic mass is 35.5. The second-order valence-electron chi connectivity index (χ2n) is 5.46. The van der Waals surface area contributed by atoms with E-state index in [1.165, 1.54) is 12.1 Å². The van der Waals surface area contributed by atoms with Crippen LogP contribution in [0.3, 0.4) is 0 Å². The molecule has 1 unspecified atom stereocenters. The first kappa shape index (κ1) is 17.0. The fourth-order valence-corrected chi connectivity index (χ4v) is 3.26. The van der Waals surface area contributed by atoms with Gasteiger partial charge in [-0.05, 0) is 43.3 Å². The molecule has 0 aromatic heterocycles. The Balaban J connectivity index is 1.65. The van der Waals surface area contributed by atoms with Crippen LogP contribution in [0.25, 0.3) is 0 Å². The van der Waals surface area contributed by atoms with Crippen LogP contribution in [0.15, 0.2) is 58.4 Å². The summed E-state index contributed by atoms with van der Waals surface area (Å²) in [6.07, 6.45) is 0. The molecule has 7 heteroatoms. The smallest absolute Gasteiger partial charge is 0.297 e. The summed E-state index contributed by atoms with van der Waals surface area (Å²) in [5.74, 6) is 0.466. The van der Waals surface area contributed by atoms with Gasteiger partial charge < -0.3 is 4.74 Å². The van der Waals surface area contributed by atoms with E-state index in [1.807, 2.05) is 6.92 Å². The molecule has 24 heavy (non-hydrogen) atoms. The summed E-state index contributed by atoms with van der Waals surface area (Å²) in [7, 11) is -3.79. The SMILES string of the molecule is Cc1ccc(S(=O)(=O)OCC2COC(c3ccc(Cl)cc3)=N2)cc1. The highest BCUT2D eigenvalue weighted by Crippen LogP contribution is 2.18. The summed E-state index contributed by atoms with van der Waals surface area (Å²) in [4.78, 5) is 4.49. The third-order valence-corrected chi connectivity index (χ3v) is 5.08. The maximum absolute atomic E-state index is 12.2. The first-order chi connectivity index (χ1) is 11.4. The minimum atomic E-state index is -3.79. The minimum Gasteiger partial charge on any atom is -0.475 e. The van der Waals surface area contributed by atoms with Crippen molar-refractivity contribution in [3.63, 3.8) is 0 Å². The van der Waals surface area contributed by atoms with Gasteiger partial charge in [0.25, 0.3) is 10.1 Å². The van der Waals surface area contributed by atoms with Gasteiger partial charge in [0.1, 0.15) is 12.6 Å². The van der Waals surface area contributed by atoms with Crippen molar-refractivity contribution in [2.45, 2.75) is 17.9 Å². The molecule has 0 N–H and O–H groups in total. The Morgan fingerprint density at radius 2 is 1.83 bits per heavy atom. The summed E-state index contributed by atoms with van der Waals surface area (Å²) >= 11 is 5.85. The molecule has 0 bridgehead atoms. The van der Waals surface area contributed by atoms with E-state index in [0.29, 0.717) is 10.9 Å². The standard InChI is InChI=1S/C17H16ClNO4S/c1-12-2-8-16(9-3-12)24(20,21)23-11-15-10-22-17(19-15)13-4-6-14(18)7-5-13/h2-9,15H,10-11H2,1H3. The van der Waals surface area contributed by atoms with Crippen LogP contribution in [0.1, 0.15) is 11.1 Å². The van der Waals surface area contributed by atoms with Gasteiger partial charge in [0.05, 0.1) is 11.5 Å². The molecule has 2 aromatic rings. The highest BCUT2D eigenvalue weighted by Gasteiger charge is 2.24. The zero-order chi connectivity index (χ0) is 17.2. The lowest BCUT2D eigenvalue weighted by Gasteiger charge is -2.07. The van der Waals surface area contributed by atoms with Gasteiger partial charge in [0.15, 0.2) is 0 Å². The topological polar surface area (TPSA) is 65.0 Å². The van der Waals surface area contributed by atoms with Crippen LogP contribution >= 0.6 is 11.6 Å². The third-order valence-electron chi connectivity index (χ3n) is 3.53. The van der Waals surface area contributed by atoms with Crippen molar-refractivity contribution in [3.05, 3.63) is 64.7 Å². The van der Waals surface area contributed by atoms with Crippen molar-refractivity contribution in [1.29, 1.82) is 0 Å². The summed E-state index contributed by atoms with van der Waals surface area (Å²) in [6, 6.07) is 13.2. The fraction of sp³-hybridized carbons (Fsp3) is 0.235. The van der Waals surface area contributed by atoms with Crippen LogP contribution in [-0.4, -0.2) is 33.6 Å². The van der Waals surface area contributed by atoms with Gasteiger partial charge in [-0.2, -0.15) is 8.42 Å². The molecule has 2 aromatic carbocycles. The van der Waals surface area contributed by atoms with Crippen molar-refractivity contribution in [2.75, 3.05) is 13.2 Å². The van der Waals surface area contributed by atoms with E-state index in [-0.39, 0.29) is 24.2 Å². The molecule has 0 spiro atoms. The number of rotatable bonds is 5.